The van der Waals surface area contributed by atoms with E-state index in [2.05, 4.69) is 44.3 Å². The minimum absolute atomic E-state index is 0.211. The van der Waals surface area contributed by atoms with Gasteiger partial charge in [-0.2, -0.15) is 0 Å². The summed E-state index contributed by atoms with van der Waals surface area (Å²) in [4.78, 5) is 4.49. The second-order valence-corrected chi connectivity index (χ2v) is 11.0. The number of halogens is 1. The van der Waals surface area contributed by atoms with Crippen LogP contribution in [0.25, 0.3) is 10.9 Å². The van der Waals surface area contributed by atoms with E-state index < -0.39 is 0 Å². The van der Waals surface area contributed by atoms with Crippen molar-refractivity contribution in [2.75, 3.05) is 24.2 Å². The molecule has 3 aromatic rings. The number of nitrogens with zero attached hydrogens (tertiary/aromatic N) is 1. The normalized spacial score (nSPS) is 11.6. The second kappa shape index (κ2) is 18.8. The first-order chi connectivity index (χ1) is 19.0. The molecule has 2 aromatic carbocycles. The molecular formula is C33H49FN2O2S. The number of aromatic nitrogens is 1. The highest BCUT2D eigenvalue weighted by atomic mass is 32.2. The Morgan fingerprint density at radius 1 is 0.923 bits per heavy atom. The third kappa shape index (κ3) is 11.3. The molecule has 0 aliphatic carbocycles. The molecule has 0 aliphatic rings. The van der Waals surface area contributed by atoms with E-state index in [4.69, 9.17) is 9.47 Å². The Kier molecular flexibility index (Phi) is 15.7. The molecule has 0 saturated heterocycles. The van der Waals surface area contributed by atoms with Gasteiger partial charge in [-0.05, 0) is 54.2 Å². The maximum absolute atomic E-state index is 14.8. The Balaban J connectivity index is 0.000000580. The SMILES string of the molecule is CCCCC(C)CC.CCCCOc1cc2nccc(Cc3ccc(NSCCCC)cc3F)c2cc1OC. The van der Waals surface area contributed by atoms with Crippen LogP contribution in [0.5, 0.6) is 11.5 Å². The first-order valence-corrected chi connectivity index (χ1v) is 15.7. The molecule has 39 heavy (non-hydrogen) atoms. The number of benzene rings is 2. The number of anilines is 1. The monoisotopic (exact) mass is 556 g/mol. The average Bonchev–Trinajstić information content (AvgIpc) is 2.95. The van der Waals surface area contributed by atoms with Crippen LogP contribution in [0, 0.1) is 11.7 Å². The predicted octanol–water partition coefficient (Wildman–Crippen LogP) is 10.2. The smallest absolute Gasteiger partial charge is 0.163 e. The average molecular weight is 557 g/mol. The molecule has 0 radical (unpaired) electrons. The van der Waals surface area contributed by atoms with Crippen LogP contribution in [0.1, 0.15) is 97.1 Å². The van der Waals surface area contributed by atoms with Crippen LogP contribution >= 0.6 is 11.9 Å². The van der Waals surface area contributed by atoms with Gasteiger partial charge in [-0.3, -0.25) is 4.98 Å². The molecule has 4 nitrogen and oxygen atoms in total. The Morgan fingerprint density at radius 3 is 2.36 bits per heavy atom. The highest BCUT2D eigenvalue weighted by Gasteiger charge is 2.13. The van der Waals surface area contributed by atoms with Crippen molar-refractivity contribution >= 4 is 28.5 Å². The summed E-state index contributed by atoms with van der Waals surface area (Å²) in [5.74, 6) is 3.11. The van der Waals surface area contributed by atoms with E-state index in [0.717, 1.165) is 59.5 Å². The lowest BCUT2D eigenvalue weighted by Gasteiger charge is -2.14. The van der Waals surface area contributed by atoms with Crippen molar-refractivity contribution in [2.24, 2.45) is 5.92 Å². The van der Waals surface area contributed by atoms with E-state index in [1.807, 2.05) is 30.3 Å². The molecule has 1 unspecified atom stereocenters. The van der Waals surface area contributed by atoms with E-state index in [0.29, 0.717) is 30.1 Å². The number of unbranched alkanes of at least 4 members (excludes halogenated alkanes) is 3. The highest BCUT2D eigenvalue weighted by molar-refractivity contribution is 8.00. The number of hydrogen-bond donors (Lipinski definition) is 1. The van der Waals surface area contributed by atoms with Gasteiger partial charge >= 0.3 is 0 Å². The number of pyridine rings is 1. The van der Waals surface area contributed by atoms with Crippen molar-refractivity contribution in [3.05, 3.63) is 59.5 Å². The Bertz CT molecular complexity index is 1110. The van der Waals surface area contributed by atoms with Crippen LogP contribution in [0.15, 0.2) is 42.6 Å². The molecule has 0 bridgehead atoms. The van der Waals surface area contributed by atoms with Crippen molar-refractivity contribution in [3.8, 4) is 11.5 Å². The number of nitrogens with one attached hydrogen (secondary N) is 1. The zero-order valence-electron chi connectivity index (χ0n) is 24.9. The highest BCUT2D eigenvalue weighted by Crippen LogP contribution is 2.34. The molecule has 0 fully saturated rings. The number of ether oxygens (including phenoxy) is 2. The minimum Gasteiger partial charge on any atom is -0.493 e. The van der Waals surface area contributed by atoms with E-state index in [9.17, 15) is 4.39 Å². The minimum atomic E-state index is -0.211. The zero-order valence-corrected chi connectivity index (χ0v) is 25.8. The van der Waals surface area contributed by atoms with Gasteiger partial charge in [-0.25, -0.2) is 4.39 Å². The Hall–Kier alpha value is -2.47. The van der Waals surface area contributed by atoms with Gasteiger partial charge in [0.2, 0.25) is 0 Å². The molecule has 3 rings (SSSR count). The van der Waals surface area contributed by atoms with Gasteiger partial charge in [0.15, 0.2) is 11.5 Å². The summed E-state index contributed by atoms with van der Waals surface area (Å²) in [6, 6.07) is 11.1. The standard InChI is InChI=1S/C25H31FN2O2S.C8H18/c1-4-6-12-30-25-17-23-21(16-24(25)29-3)18(10-11-27-23)14-19-8-9-20(15-22(19)26)28-31-13-7-5-2;1-4-6-7-8(3)5-2/h8-11,15-17,28H,4-7,12-14H2,1-3H3;8H,4-7H2,1-3H3. The summed E-state index contributed by atoms with van der Waals surface area (Å²) in [5.41, 5.74) is 3.26. The topological polar surface area (TPSA) is 43.4 Å². The molecule has 0 amide bonds. The summed E-state index contributed by atoms with van der Waals surface area (Å²) in [6.45, 7) is 11.8. The van der Waals surface area contributed by atoms with Crippen LogP contribution < -0.4 is 14.2 Å². The third-order valence-corrected chi connectivity index (χ3v) is 7.72. The van der Waals surface area contributed by atoms with Crippen LogP contribution in [-0.4, -0.2) is 24.5 Å². The lowest BCUT2D eigenvalue weighted by molar-refractivity contribution is 0.289. The molecule has 1 heterocycles. The lowest BCUT2D eigenvalue weighted by Crippen LogP contribution is -2.00. The van der Waals surface area contributed by atoms with E-state index in [1.54, 1.807) is 31.3 Å². The molecule has 1 atom stereocenters. The van der Waals surface area contributed by atoms with Crippen molar-refractivity contribution in [2.45, 2.75) is 92.4 Å². The number of hydrogen-bond acceptors (Lipinski definition) is 5. The molecule has 0 aliphatic heterocycles. The summed E-state index contributed by atoms with van der Waals surface area (Å²) < 4.78 is 29.4. The fourth-order valence-electron chi connectivity index (χ4n) is 4.03. The van der Waals surface area contributed by atoms with Crippen molar-refractivity contribution in [3.63, 3.8) is 0 Å². The van der Waals surface area contributed by atoms with Crippen molar-refractivity contribution in [1.29, 1.82) is 0 Å². The largest absolute Gasteiger partial charge is 0.493 e. The van der Waals surface area contributed by atoms with E-state index in [-0.39, 0.29) is 5.82 Å². The molecule has 1 aromatic heterocycles. The first kappa shape index (κ1) is 32.7. The zero-order chi connectivity index (χ0) is 28.5. The number of rotatable bonds is 16. The second-order valence-electron chi connectivity index (χ2n) is 10.1. The molecule has 1 N–H and O–H groups in total. The molecule has 216 valence electrons. The van der Waals surface area contributed by atoms with Gasteiger partial charge in [0.05, 0.1) is 19.2 Å². The van der Waals surface area contributed by atoms with Crippen LogP contribution in [0.4, 0.5) is 10.1 Å². The predicted molar refractivity (Wildman–Crippen MR) is 168 cm³/mol. The Morgan fingerprint density at radius 2 is 1.69 bits per heavy atom. The van der Waals surface area contributed by atoms with Crippen LogP contribution in [-0.2, 0) is 6.42 Å². The van der Waals surface area contributed by atoms with Gasteiger partial charge in [-0.1, -0.05) is 91.2 Å². The molecular weight excluding hydrogens is 507 g/mol. The summed E-state index contributed by atoms with van der Waals surface area (Å²) >= 11 is 1.61. The summed E-state index contributed by atoms with van der Waals surface area (Å²) in [5, 5.41) is 0.943. The van der Waals surface area contributed by atoms with Gasteiger partial charge < -0.3 is 14.2 Å². The van der Waals surface area contributed by atoms with Gasteiger partial charge in [0.25, 0.3) is 0 Å². The number of methoxy groups -OCH3 is 1. The molecule has 6 heteroatoms. The van der Waals surface area contributed by atoms with Crippen molar-refractivity contribution in [1.82, 2.24) is 4.98 Å². The fraction of sp³-hybridized carbons (Fsp3) is 0.545. The summed E-state index contributed by atoms with van der Waals surface area (Å²) in [6.07, 6.45) is 12.1. The third-order valence-electron chi connectivity index (χ3n) is 6.84. The molecule has 0 spiro atoms. The van der Waals surface area contributed by atoms with E-state index >= 15 is 0 Å². The maximum Gasteiger partial charge on any atom is 0.163 e. The van der Waals surface area contributed by atoms with Gasteiger partial charge in [0.1, 0.15) is 5.82 Å². The van der Waals surface area contributed by atoms with Crippen LogP contribution in [0.2, 0.25) is 0 Å². The summed E-state index contributed by atoms with van der Waals surface area (Å²) in [7, 11) is 1.63. The maximum atomic E-state index is 14.8. The first-order valence-electron chi connectivity index (χ1n) is 14.7. The van der Waals surface area contributed by atoms with Gasteiger partial charge in [0, 0.05) is 35.5 Å². The lowest BCUT2D eigenvalue weighted by atomic mass is 10.00. The van der Waals surface area contributed by atoms with Gasteiger partial charge in [-0.15, -0.1) is 0 Å². The quantitative estimate of drug-likeness (QED) is 0.140. The van der Waals surface area contributed by atoms with Crippen molar-refractivity contribution < 1.29 is 13.9 Å². The number of fused-ring (bicyclic) bond motifs is 1. The Labute approximate surface area is 240 Å². The van der Waals surface area contributed by atoms with E-state index in [1.165, 1.54) is 25.7 Å². The molecule has 0 saturated carbocycles. The fourth-order valence-corrected chi connectivity index (χ4v) is 4.86. The van der Waals surface area contributed by atoms with Crippen LogP contribution in [0.3, 0.4) is 0 Å².